The molecule has 0 amide bonds. The van der Waals surface area contributed by atoms with Crippen LogP contribution in [0.25, 0.3) is 0 Å². The van der Waals surface area contributed by atoms with Gasteiger partial charge < -0.3 is 15.0 Å². The zero-order valence-corrected chi connectivity index (χ0v) is 11.2. The number of nitrogens with one attached hydrogen (secondary N) is 1. The highest BCUT2D eigenvalue weighted by atomic mass is 16.5. The predicted molar refractivity (Wildman–Crippen MR) is 68.8 cm³/mol. The van der Waals surface area contributed by atoms with Crippen LogP contribution in [0.1, 0.15) is 32.6 Å². The van der Waals surface area contributed by atoms with E-state index in [2.05, 4.69) is 31.2 Å². The minimum atomic E-state index is 0.661. The van der Waals surface area contributed by atoms with Crippen molar-refractivity contribution in [1.29, 1.82) is 0 Å². The Balaban J connectivity index is 2.20. The smallest absolute Gasteiger partial charge is 0.0593 e. The van der Waals surface area contributed by atoms with E-state index in [1.807, 2.05) is 0 Å². The second-order valence-electron chi connectivity index (χ2n) is 4.90. The maximum atomic E-state index is 5.38. The molecule has 1 aliphatic rings. The van der Waals surface area contributed by atoms with Crippen LogP contribution >= 0.6 is 0 Å². The lowest BCUT2D eigenvalue weighted by atomic mass is 9.98. The molecule has 0 aromatic carbocycles. The van der Waals surface area contributed by atoms with Crippen molar-refractivity contribution >= 4 is 0 Å². The highest BCUT2D eigenvalue weighted by Crippen LogP contribution is 2.27. The van der Waals surface area contributed by atoms with Crippen molar-refractivity contribution in [1.82, 2.24) is 10.2 Å². The van der Waals surface area contributed by atoms with Crippen LogP contribution in [-0.4, -0.2) is 51.3 Å². The number of hydrogen-bond donors (Lipinski definition) is 1. The van der Waals surface area contributed by atoms with Crippen LogP contribution < -0.4 is 5.32 Å². The molecule has 0 bridgehead atoms. The van der Waals surface area contributed by atoms with Crippen molar-refractivity contribution in [2.45, 2.75) is 38.6 Å². The second-order valence-corrected chi connectivity index (χ2v) is 4.90. The summed E-state index contributed by atoms with van der Waals surface area (Å²) in [7, 11) is 4.29. The predicted octanol–water partition coefficient (Wildman–Crippen LogP) is 1.73. The standard InChI is InChI=1S/C13H28N2O/c1-4-16-10-9-15(3)11-13(14-2)12-7-5-6-8-12/h12-14H,4-11H2,1-3H3. The summed E-state index contributed by atoms with van der Waals surface area (Å²) in [6.45, 7) is 5.92. The summed E-state index contributed by atoms with van der Waals surface area (Å²) in [6.07, 6.45) is 5.66. The molecule has 3 heteroatoms. The molecular formula is C13H28N2O. The third-order valence-electron chi connectivity index (χ3n) is 3.67. The van der Waals surface area contributed by atoms with Crippen molar-refractivity contribution in [3.8, 4) is 0 Å². The molecule has 0 aromatic heterocycles. The number of ether oxygens (including phenoxy) is 1. The van der Waals surface area contributed by atoms with Crippen molar-refractivity contribution in [2.75, 3.05) is 40.4 Å². The molecule has 16 heavy (non-hydrogen) atoms. The molecule has 0 spiro atoms. The number of likely N-dealkylation sites (N-methyl/N-ethyl adjacent to an activating group) is 2. The Hall–Kier alpha value is -0.120. The van der Waals surface area contributed by atoms with E-state index in [4.69, 9.17) is 4.74 Å². The summed E-state index contributed by atoms with van der Waals surface area (Å²) >= 11 is 0. The van der Waals surface area contributed by atoms with Gasteiger partial charge in [-0.15, -0.1) is 0 Å². The molecular weight excluding hydrogens is 200 g/mol. The third kappa shape index (κ3) is 4.81. The molecule has 1 unspecified atom stereocenters. The van der Waals surface area contributed by atoms with Gasteiger partial charge in [0.15, 0.2) is 0 Å². The Kier molecular flexibility index (Phi) is 7.01. The fourth-order valence-electron chi connectivity index (χ4n) is 2.63. The lowest BCUT2D eigenvalue weighted by Crippen LogP contribution is -2.43. The van der Waals surface area contributed by atoms with Crippen LogP contribution in [0, 0.1) is 5.92 Å². The topological polar surface area (TPSA) is 24.5 Å². The van der Waals surface area contributed by atoms with Gasteiger partial charge in [-0.05, 0) is 39.8 Å². The Morgan fingerprint density at radius 1 is 1.38 bits per heavy atom. The molecule has 1 fully saturated rings. The number of nitrogens with zero attached hydrogens (tertiary/aromatic N) is 1. The Morgan fingerprint density at radius 2 is 2.06 bits per heavy atom. The van der Waals surface area contributed by atoms with E-state index < -0.39 is 0 Å². The summed E-state index contributed by atoms with van der Waals surface area (Å²) in [4.78, 5) is 2.38. The minimum absolute atomic E-state index is 0.661. The van der Waals surface area contributed by atoms with Crippen molar-refractivity contribution < 1.29 is 4.74 Å². The zero-order valence-electron chi connectivity index (χ0n) is 11.2. The zero-order chi connectivity index (χ0) is 11.8. The molecule has 0 saturated heterocycles. The fraction of sp³-hybridized carbons (Fsp3) is 1.00. The second kappa shape index (κ2) is 8.04. The average Bonchev–Trinajstić information content (AvgIpc) is 2.79. The molecule has 96 valence electrons. The normalized spacial score (nSPS) is 19.5. The van der Waals surface area contributed by atoms with Crippen LogP contribution in [0.4, 0.5) is 0 Å². The summed E-state index contributed by atoms with van der Waals surface area (Å²) in [5.41, 5.74) is 0. The quantitative estimate of drug-likeness (QED) is 0.640. The van der Waals surface area contributed by atoms with Gasteiger partial charge in [0.1, 0.15) is 0 Å². The van der Waals surface area contributed by atoms with Crippen LogP contribution in [0.3, 0.4) is 0 Å². The lowest BCUT2D eigenvalue weighted by molar-refractivity contribution is 0.116. The van der Waals surface area contributed by atoms with Crippen molar-refractivity contribution in [2.24, 2.45) is 5.92 Å². The monoisotopic (exact) mass is 228 g/mol. The largest absolute Gasteiger partial charge is 0.380 e. The molecule has 0 aromatic rings. The first-order valence-corrected chi connectivity index (χ1v) is 6.71. The van der Waals surface area contributed by atoms with Gasteiger partial charge in [-0.2, -0.15) is 0 Å². The summed E-state index contributed by atoms with van der Waals surface area (Å²) in [6, 6.07) is 0.661. The SMILES string of the molecule is CCOCCN(C)CC(NC)C1CCCC1. The molecule has 1 atom stereocenters. The molecule has 0 radical (unpaired) electrons. The molecule has 1 rings (SSSR count). The molecule has 0 heterocycles. The van der Waals surface area contributed by atoms with Crippen molar-refractivity contribution in [3.63, 3.8) is 0 Å². The van der Waals surface area contributed by atoms with E-state index >= 15 is 0 Å². The van der Waals surface area contributed by atoms with E-state index in [0.717, 1.165) is 32.2 Å². The lowest BCUT2D eigenvalue weighted by Gasteiger charge is -2.28. The fourth-order valence-corrected chi connectivity index (χ4v) is 2.63. The highest BCUT2D eigenvalue weighted by molar-refractivity contribution is 4.81. The van der Waals surface area contributed by atoms with Crippen LogP contribution in [-0.2, 0) is 4.74 Å². The summed E-state index contributed by atoms with van der Waals surface area (Å²) in [5.74, 6) is 0.888. The third-order valence-corrected chi connectivity index (χ3v) is 3.67. The van der Waals surface area contributed by atoms with Crippen LogP contribution in [0.15, 0.2) is 0 Å². The molecule has 1 saturated carbocycles. The van der Waals surface area contributed by atoms with Gasteiger partial charge in [-0.1, -0.05) is 12.8 Å². The highest BCUT2D eigenvalue weighted by Gasteiger charge is 2.24. The van der Waals surface area contributed by atoms with Gasteiger partial charge in [0.25, 0.3) is 0 Å². The number of rotatable bonds is 8. The van der Waals surface area contributed by atoms with Gasteiger partial charge in [0.05, 0.1) is 6.61 Å². The van der Waals surface area contributed by atoms with E-state index in [1.165, 1.54) is 25.7 Å². The molecule has 1 aliphatic carbocycles. The van der Waals surface area contributed by atoms with Gasteiger partial charge >= 0.3 is 0 Å². The van der Waals surface area contributed by atoms with Gasteiger partial charge in [0, 0.05) is 25.7 Å². The molecule has 0 aliphatic heterocycles. The maximum Gasteiger partial charge on any atom is 0.0593 e. The first-order valence-electron chi connectivity index (χ1n) is 6.71. The first kappa shape index (κ1) is 13.9. The van der Waals surface area contributed by atoms with Gasteiger partial charge in [-0.3, -0.25) is 0 Å². The van der Waals surface area contributed by atoms with Crippen LogP contribution in [0.2, 0.25) is 0 Å². The Labute approximate surface area is 101 Å². The van der Waals surface area contributed by atoms with E-state index in [9.17, 15) is 0 Å². The van der Waals surface area contributed by atoms with Gasteiger partial charge in [-0.25, -0.2) is 0 Å². The first-order chi connectivity index (χ1) is 7.77. The number of hydrogen-bond acceptors (Lipinski definition) is 3. The summed E-state index contributed by atoms with van der Waals surface area (Å²) in [5, 5.41) is 3.48. The van der Waals surface area contributed by atoms with E-state index in [1.54, 1.807) is 0 Å². The van der Waals surface area contributed by atoms with Crippen LogP contribution in [0.5, 0.6) is 0 Å². The van der Waals surface area contributed by atoms with E-state index in [0.29, 0.717) is 6.04 Å². The Bertz CT molecular complexity index is 169. The van der Waals surface area contributed by atoms with Crippen molar-refractivity contribution in [3.05, 3.63) is 0 Å². The maximum absolute atomic E-state index is 5.38. The molecule has 1 N–H and O–H groups in total. The van der Waals surface area contributed by atoms with E-state index in [-0.39, 0.29) is 0 Å². The summed E-state index contributed by atoms with van der Waals surface area (Å²) < 4.78 is 5.38. The minimum Gasteiger partial charge on any atom is -0.380 e. The molecule has 3 nitrogen and oxygen atoms in total. The Morgan fingerprint density at radius 3 is 2.62 bits per heavy atom. The average molecular weight is 228 g/mol. The van der Waals surface area contributed by atoms with Gasteiger partial charge in [0.2, 0.25) is 0 Å².